The molecule has 1 saturated heterocycles. The molecule has 21 heavy (non-hydrogen) atoms. The third-order valence-electron chi connectivity index (χ3n) is 3.43. The van der Waals surface area contributed by atoms with Crippen LogP contribution in [0.3, 0.4) is 0 Å². The third-order valence-corrected chi connectivity index (χ3v) is 3.66. The van der Waals surface area contributed by atoms with Gasteiger partial charge in [0, 0.05) is 31.6 Å². The highest BCUT2D eigenvalue weighted by molar-refractivity contribution is 7.80. The standard InChI is InChI=1S/C14H17F2N3OS/c15-10-7-9(14(17)21)8-11(16)13(10)18-4-3-12(20)19-5-1-2-6-19/h7-8,18H,1-6H2,(H2,17,21). The highest BCUT2D eigenvalue weighted by Crippen LogP contribution is 2.21. The lowest BCUT2D eigenvalue weighted by atomic mass is 10.2. The number of hydrogen-bond acceptors (Lipinski definition) is 3. The van der Waals surface area contributed by atoms with Gasteiger partial charge in [-0.3, -0.25) is 4.79 Å². The molecule has 0 radical (unpaired) electrons. The molecule has 114 valence electrons. The molecule has 1 aliphatic heterocycles. The molecule has 7 heteroatoms. The molecule has 1 heterocycles. The Hall–Kier alpha value is -1.76. The summed E-state index contributed by atoms with van der Waals surface area (Å²) in [5.74, 6) is -1.54. The zero-order valence-corrected chi connectivity index (χ0v) is 12.3. The van der Waals surface area contributed by atoms with Gasteiger partial charge in [0.15, 0.2) is 0 Å². The maximum atomic E-state index is 13.8. The molecular formula is C14H17F2N3OS. The minimum absolute atomic E-state index is 0.000530. The Morgan fingerprint density at radius 2 is 1.86 bits per heavy atom. The van der Waals surface area contributed by atoms with E-state index in [2.05, 4.69) is 17.5 Å². The second-order valence-electron chi connectivity index (χ2n) is 4.94. The highest BCUT2D eigenvalue weighted by atomic mass is 32.1. The second kappa shape index (κ2) is 6.80. The number of amides is 1. The fourth-order valence-electron chi connectivity index (χ4n) is 2.30. The molecular weight excluding hydrogens is 296 g/mol. The third kappa shape index (κ3) is 3.87. The Labute approximate surface area is 127 Å². The number of nitrogens with one attached hydrogen (secondary N) is 1. The monoisotopic (exact) mass is 313 g/mol. The van der Waals surface area contributed by atoms with Gasteiger partial charge in [-0.05, 0) is 25.0 Å². The Morgan fingerprint density at radius 3 is 2.38 bits per heavy atom. The lowest BCUT2D eigenvalue weighted by Crippen LogP contribution is -2.29. The number of anilines is 1. The summed E-state index contributed by atoms with van der Waals surface area (Å²) in [6.45, 7) is 1.71. The van der Waals surface area contributed by atoms with Crippen molar-refractivity contribution in [1.82, 2.24) is 4.90 Å². The van der Waals surface area contributed by atoms with Gasteiger partial charge in [-0.1, -0.05) is 12.2 Å². The van der Waals surface area contributed by atoms with Crippen molar-refractivity contribution < 1.29 is 13.6 Å². The van der Waals surface area contributed by atoms with E-state index in [1.165, 1.54) is 0 Å². The summed E-state index contributed by atoms with van der Waals surface area (Å²) in [5, 5.41) is 2.62. The van der Waals surface area contributed by atoms with Crippen LogP contribution in [0.1, 0.15) is 24.8 Å². The molecule has 0 aliphatic carbocycles. The topological polar surface area (TPSA) is 58.4 Å². The van der Waals surface area contributed by atoms with Crippen molar-refractivity contribution in [2.45, 2.75) is 19.3 Å². The Bertz CT molecular complexity index is 536. The zero-order chi connectivity index (χ0) is 15.4. The number of benzene rings is 1. The van der Waals surface area contributed by atoms with E-state index in [-0.39, 0.29) is 35.1 Å². The number of thiocarbonyl (C=S) groups is 1. The molecule has 1 amide bonds. The van der Waals surface area contributed by atoms with E-state index >= 15 is 0 Å². The first-order valence-electron chi connectivity index (χ1n) is 6.79. The van der Waals surface area contributed by atoms with Crippen LogP contribution in [-0.4, -0.2) is 35.4 Å². The molecule has 4 nitrogen and oxygen atoms in total. The summed E-state index contributed by atoms with van der Waals surface area (Å²) in [6, 6.07) is 2.16. The van der Waals surface area contributed by atoms with Gasteiger partial charge in [0.25, 0.3) is 0 Å². The van der Waals surface area contributed by atoms with Crippen molar-refractivity contribution in [3.8, 4) is 0 Å². The Kier molecular flexibility index (Phi) is 5.06. The van der Waals surface area contributed by atoms with E-state index in [9.17, 15) is 13.6 Å². The van der Waals surface area contributed by atoms with Crippen LogP contribution in [0.25, 0.3) is 0 Å². The fraction of sp³-hybridized carbons (Fsp3) is 0.429. The normalized spacial score (nSPS) is 14.3. The van der Waals surface area contributed by atoms with Crippen molar-refractivity contribution in [1.29, 1.82) is 0 Å². The number of carbonyl (C=O) groups excluding carboxylic acids is 1. The highest BCUT2D eigenvalue weighted by Gasteiger charge is 2.18. The first kappa shape index (κ1) is 15.6. The van der Waals surface area contributed by atoms with Gasteiger partial charge in [-0.25, -0.2) is 8.78 Å². The molecule has 0 bridgehead atoms. The molecule has 1 aromatic rings. The minimum Gasteiger partial charge on any atom is -0.389 e. The number of likely N-dealkylation sites (tertiary alicyclic amines) is 1. The molecule has 0 atom stereocenters. The van der Waals surface area contributed by atoms with Gasteiger partial charge in [0.05, 0.1) is 0 Å². The van der Waals surface area contributed by atoms with Crippen molar-refractivity contribution in [3.63, 3.8) is 0 Å². The summed E-state index contributed by atoms with van der Waals surface area (Å²) in [5.41, 5.74) is 5.22. The van der Waals surface area contributed by atoms with Crippen molar-refractivity contribution in [2.24, 2.45) is 5.73 Å². The van der Waals surface area contributed by atoms with E-state index in [1.807, 2.05) is 0 Å². The predicted octanol–water partition coefficient (Wildman–Crippen LogP) is 2.02. The Balaban J connectivity index is 1.94. The van der Waals surface area contributed by atoms with Gasteiger partial charge in [0.1, 0.15) is 22.3 Å². The molecule has 1 aromatic carbocycles. The van der Waals surface area contributed by atoms with Crippen LogP contribution in [0.15, 0.2) is 12.1 Å². The maximum Gasteiger partial charge on any atom is 0.224 e. The molecule has 1 aliphatic rings. The molecule has 0 spiro atoms. The van der Waals surface area contributed by atoms with E-state index in [0.717, 1.165) is 38.1 Å². The van der Waals surface area contributed by atoms with Crippen molar-refractivity contribution in [3.05, 3.63) is 29.3 Å². The number of nitrogens with zero attached hydrogens (tertiary/aromatic N) is 1. The maximum absolute atomic E-state index is 13.8. The van der Waals surface area contributed by atoms with Gasteiger partial charge < -0.3 is 16.0 Å². The summed E-state index contributed by atoms with van der Waals surface area (Å²) in [4.78, 5) is 13.5. The lowest BCUT2D eigenvalue weighted by molar-refractivity contribution is -0.129. The molecule has 0 unspecified atom stereocenters. The van der Waals surface area contributed by atoms with E-state index < -0.39 is 11.6 Å². The van der Waals surface area contributed by atoms with Gasteiger partial charge in [-0.2, -0.15) is 0 Å². The zero-order valence-electron chi connectivity index (χ0n) is 11.5. The molecule has 2 rings (SSSR count). The summed E-state index contributed by atoms with van der Waals surface area (Å²) in [7, 11) is 0. The van der Waals surface area contributed by atoms with Crippen LogP contribution in [0.4, 0.5) is 14.5 Å². The largest absolute Gasteiger partial charge is 0.389 e. The molecule has 1 fully saturated rings. The van der Waals surface area contributed by atoms with Crippen LogP contribution in [0.5, 0.6) is 0 Å². The van der Waals surface area contributed by atoms with Crippen LogP contribution < -0.4 is 11.1 Å². The average Bonchev–Trinajstić information content (AvgIpc) is 2.95. The van der Waals surface area contributed by atoms with E-state index in [1.54, 1.807) is 4.90 Å². The number of carbonyl (C=O) groups is 1. The molecule has 0 saturated carbocycles. The number of halogens is 2. The van der Waals surface area contributed by atoms with Crippen LogP contribution in [-0.2, 0) is 4.79 Å². The van der Waals surface area contributed by atoms with Gasteiger partial charge in [-0.15, -0.1) is 0 Å². The fourth-order valence-corrected chi connectivity index (χ4v) is 2.42. The first-order chi connectivity index (χ1) is 9.99. The van der Waals surface area contributed by atoms with Gasteiger partial charge >= 0.3 is 0 Å². The quantitative estimate of drug-likeness (QED) is 0.817. The Morgan fingerprint density at radius 1 is 1.29 bits per heavy atom. The predicted molar refractivity (Wildman–Crippen MR) is 81.2 cm³/mol. The van der Waals surface area contributed by atoms with Crippen molar-refractivity contribution in [2.75, 3.05) is 25.0 Å². The summed E-state index contributed by atoms with van der Waals surface area (Å²) >= 11 is 4.68. The smallest absolute Gasteiger partial charge is 0.224 e. The lowest BCUT2D eigenvalue weighted by Gasteiger charge is -2.16. The average molecular weight is 313 g/mol. The van der Waals surface area contributed by atoms with Gasteiger partial charge in [0.2, 0.25) is 5.91 Å². The summed E-state index contributed by atoms with van der Waals surface area (Å²) in [6.07, 6.45) is 2.24. The van der Waals surface area contributed by atoms with Crippen LogP contribution in [0, 0.1) is 11.6 Å². The summed E-state index contributed by atoms with van der Waals surface area (Å²) < 4.78 is 27.6. The number of rotatable bonds is 5. The molecule has 3 N–H and O–H groups in total. The molecule has 0 aromatic heterocycles. The minimum atomic E-state index is -0.772. The number of nitrogens with two attached hydrogens (primary N) is 1. The van der Waals surface area contributed by atoms with Crippen LogP contribution in [0.2, 0.25) is 0 Å². The second-order valence-corrected chi connectivity index (χ2v) is 5.38. The van der Waals surface area contributed by atoms with E-state index in [4.69, 9.17) is 5.73 Å². The van der Waals surface area contributed by atoms with Crippen molar-refractivity contribution >= 4 is 28.8 Å². The first-order valence-corrected chi connectivity index (χ1v) is 7.20. The SMILES string of the molecule is NC(=S)c1cc(F)c(NCCC(=O)N2CCCC2)c(F)c1. The van der Waals surface area contributed by atoms with E-state index in [0.29, 0.717) is 0 Å². The number of hydrogen-bond donors (Lipinski definition) is 2. The van der Waals surface area contributed by atoms with Crippen LogP contribution >= 0.6 is 12.2 Å².